The van der Waals surface area contributed by atoms with Crippen LogP contribution in [0.1, 0.15) is 17.7 Å². The van der Waals surface area contributed by atoms with Crippen LogP contribution < -0.4 is 20.5 Å². The number of aromatic nitrogens is 1. The molecule has 0 atom stereocenters. The second kappa shape index (κ2) is 7.72. The number of halogens is 1. The Bertz CT molecular complexity index is 735. The third-order valence-corrected chi connectivity index (χ3v) is 4.64. The van der Waals surface area contributed by atoms with Crippen molar-refractivity contribution in [3.63, 3.8) is 0 Å². The van der Waals surface area contributed by atoms with E-state index in [1.165, 1.54) is 11.3 Å². The summed E-state index contributed by atoms with van der Waals surface area (Å²) in [6.45, 7) is 1.59. The van der Waals surface area contributed by atoms with Gasteiger partial charge in [0.25, 0.3) is 0 Å². The summed E-state index contributed by atoms with van der Waals surface area (Å²) in [5.41, 5.74) is 7.27. The lowest BCUT2D eigenvalue weighted by Gasteiger charge is -2.19. The van der Waals surface area contributed by atoms with Crippen LogP contribution >= 0.6 is 22.9 Å². The number of benzene rings is 1. The number of hydrogen-bond donors (Lipinski definition) is 2. The highest BCUT2D eigenvalue weighted by molar-refractivity contribution is 7.13. The molecule has 2 heterocycles. The number of aryl methyl sites for hydroxylation is 1. The first-order valence-corrected chi connectivity index (χ1v) is 8.92. The van der Waals surface area contributed by atoms with E-state index in [9.17, 15) is 4.79 Å². The summed E-state index contributed by atoms with van der Waals surface area (Å²) in [5, 5.41) is 5.91. The molecule has 0 saturated heterocycles. The Morgan fingerprint density at radius 2 is 2.08 bits per heavy atom. The van der Waals surface area contributed by atoms with E-state index in [4.69, 9.17) is 26.8 Å². The Morgan fingerprint density at radius 3 is 2.79 bits per heavy atom. The number of hydrogen-bond acceptors (Lipinski definition) is 6. The number of rotatable bonds is 6. The van der Waals surface area contributed by atoms with Crippen LogP contribution in [0.2, 0.25) is 5.02 Å². The summed E-state index contributed by atoms with van der Waals surface area (Å²) in [7, 11) is 0. The molecule has 128 valence electrons. The third kappa shape index (κ3) is 4.30. The van der Waals surface area contributed by atoms with Crippen molar-refractivity contribution in [2.75, 3.05) is 25.5 Å². The minimum Gasteiger partial charge on any atom is -0.486 e. The summed E-state index contributed by atoms with van der Waals surface area (Å²) in [5.74, 6) is 1.18. The lowest BCUT2D eigenvalue weighted by atomic mass is 10.1. The van der Waals surface area contributed by atoms with Gasteiger partial charge in [0.2, 0.25) is 5.91 Å². The largest absolute Gasteiger partial charge is 0.486 e. The van der Waals surface area contributed by atoms with Gasteiger partial charge >= 0.3 is 0 Å². The Kier molecular flexibility index (Phi) is 5.42. The number of carbonyl (C=O) groups excluding carboxylic acids is 1. The molecular weight excluding hydrogens is 350 g/mol. The van der Waals surface area contributed by atoms with Crippen molar-refractivity contribution >= 4 is 34.0 Å². The van der Waals surface area contributed by atoms with E-state index in [2.05, 4.69) is 10.3 Å². The topological polar surface area (TPSA) is 86.5 Å². The van der Waals surface area contributed by atoms with Crippen LogP contribution in [0, 0.1) is 0 Å². The minimum absolute atomic E-state index is 0.0774. The smallest absolute Gasteiger partial charge is 0.224 e. The fraction of sp³-hybridized carbons (Fsp3) is 0.375. The molecule has 0 spiro atoms. The van der Waals surface area contributed by atoms with Crippen molar-refractivity contribution in [3.8, 4) is 11.5 Å². The first-order valence-electron chi connectivity index (χ1n) is 7.66. The van der Waals surface area contributed by atoms with Gasteiger partial charge in [-0.25, -0.2) is 4.98 Å². The van der Waals surface area contributed by atoms with Crippen molar-refractivity contribution in [2.45, 2.75) is 19.3 Å². The van der Waals surface area contributed by atoms with E-state index in [1.54, 1.807) is 12.1 Å². The highest BCUT2D eigenvalue weighted by Crippen LogP contribution is 2.35. The third-order valence-electron chi connectivity index (χ3n) is 3.56. The molecule has 1 aromatic carbocycles. The van der Waals surface area contributed by atoms with E-state index in [0.29, 0.717) is 41.4 Å². The zero-order valence-corrected chi connectivity index (χ0v) is 14.6. The lowest BCUT2D eigenvalue weighted by molar-refractivity contribution is -0.120. The number of thiazole rings is 1. The molecule has 0 saturated carbocycles. The van der Waals surface area contributed by atoms with Gasteiger partial charge in [0.1, 0.15) is 13.2 Å². The molecule has 3 rings (SSSR count). The molecule has 1 aliphatic rings. The zero-order chi connectivity index (χ0) is 16.9. The number of nitrogens with one attached hydrogen (secondary N) is 1. The van der Waals surface area contributed by atoms with Gasteiger partial charge in [-0.1, -0.05) is 11.6 Å². The predicted molar refractivity (Wildman–Crippen MR) is 94.0 cm³/mol. The monoisotopic (exact) mass is 367 g/mol. The van der Waals surface area contributed by atoms with Crippen molar-refractivity contribution in [2.24, 2.45) is 0 Å². The van der Waals surface area contributed by atoms with Crippen molar-refractivity contribution < 1.29 is 14.3 Å². The van der Waals surface area contributed by atoms with E-state index >= 15 is 0 Å². The molecule has 0 fully saturated rings. The maximum Gasteiger partial charge on any atom is 0.224 e. The number of carbonyl (C=O) groups is 1. The summed E-state index contributed by atoms with van der Waals surface area (Å²) in [6.07, 6.45) is 1.81. The molecule has 0 unspecified atom stereocenters. The Hall–Kier alpha value is -1.99. The molecule has 1 aliphatic heterocycles. The van der Waals surface area contributed by atoms with Crippen LogP contribution in [0.5, 0.6) is 11.5 Å². The molecule has 1 amide bonds. The van der Waals surface area contributed by atoms with Crippen molar-refractivity contribution in [3.05, 3.63) is 33.8 Å². The van der Waals surface area contributed by atoms with E-state index < -0.39 is 0 Å². The highest BCUT2D eigenvalue weighted by Gasteiger charge is 2.16. The lowest BCUT2D eigenvalue weighted by Crippen LogP contribution is -2.26. The normalized spacial score (nSPS) is 12.9. The number of fused-ring (bicyclic) bond motifs is 1. The average molecular weight is 368 g/mol. The molecule has 0 bridgehead atoms. The first-order chi connectivity index (χ1) is 11.6. The molecule has 2 aromatic rings. The molecule has 3 N–H and O–H groups in total. The second-order valence-electron chi connectivity index (χ2n) is 5.39. The molecule has 0 aliphatic carbocycles. The number of amides is 1. The van der Waals surface area contributed by atoms with Gasteiger partial charge in [0.15, 0.2) is 16.6 Å². The van der Waals surface area contributed by atoms with Gasteiger partial charge < -0.3 is 20.5 Å². The van der Waals surface area contributed by atoms with Crippen LogP contribution in [0.25, 0.3) is 0 Å². The molecule has 8 heteroatoms. The number of ether oxygens (including phenoxy) is 2. The zero-order valence-electron chi connectivity index (χ0n) is 13.0. The number of anilines is 1. The molecule has 1 aromatic heterocycles. The van der Waals surface area contributed by atoms with E-state index in [1.807, 2.05) is 5.38 Å². The SMILES string of the molecule is Nc1nc(CCCNC(=O)Cc2cc3c(cc2Cl)OCCO3)cs1. The quantitative estimate of drug-likeness (QED) is 0.766. The molecular formula is C16H18ClN3O3S. The highest BCUT2D eigenvalue weighted by atomic mass is 35.5. The Labute approximate surface area is 148 Å². The second-order valence-corrected chi connectivity index (χ2v) is 6.69. The molecule has 6 nitrogen and oxygen atoms in total. The summed E-state index contributed by atoms with van der Waals surface area (Å²) in [4.78, 5) is 16.3. The van der Waals surface area contributed by atoms with Crippen LogP contribution in [-0.2, 0) is 17.6 Å². The fourth-order valence-electron chi connectivity index (χ4n) is 2.41. The van der Waals surface area contributed by atoms with Crippen LogP contribution in [0.15, 0.2) is 17.5 Å². The fourth-order valence-corrected chi connectivity index (χ4v) is 3.23. The number of nitrogens with zero attached hydrogens (tertiary/aromatic N) is 1. The van der Waals surface area contributed by atoms with Gasteiger partial charge in [-0.15, -0.1) is 11.3 Å². The van der Waals surface area contributed by atoms with Gasteiger partial charge in [-0.05, 0) is 24.5 Å². The van der Waals surface area contributed by atoms with Crippen molar-refractivity contribution in [1.82, 2.24) is 10.3 Å². The average Bonchev–Trinajstić information content (AvgIpc) is 2.98. The number of nitrogen functional groups attached to an aromatic ring is 1. The predicted octanol–water partition coefficient (Wildman–Crippen LogP) is 2.44. The minimum atomic E-state index is -0.0774. The summed E-state index contributed by atoms with van der Waals surface area (Å²) in [6, 6.07) is 3.47. The van der Waals surface area contributed by atoms with Crippen molar-refractivity contribution in [1.29, 1.82) is 0 Å². The van der Waals surface area contributed by atoms with Gasteiger partial charge in [0, 0.05) is 23.0 Å². The standard InChI is InChI=1S/C16H18ClN3O3S/c17-12-8-14-13(22-4-5-23-14)6-10(12)7-15(21)19-3-1-2-11-9-24-16(18)20-11/h6,8-9H,1-5,7H2,(H2,18,20)(H,19,21). The van der Waals surface area contributed by atoms with Gasteiger partial charge in [-0.3, -0.25) is 4.79 Å². The van der Waals surface area contributed by atoms with Crippen LogP contribution in [-0.4, -0.2) is 30.6 Å². The van der Waals surface area contributed by atoms with Crippen LogP contribution in [0.3, 0.4) is 0 Å². The summed E-state index contributed by atoms with van der Waals surface area (Å²) >= 11 is 7.64. The first kappa shape index (κ1) is 16.9. The van der Waals surface area contributed by atoms with E-state index in [-0.39, 0.29) is 12.3 Å². The number of nitrogens with two attached hydrogens (primary N) is 1. The van der Waals surface area contributed by atoms with Gasteiger partial charge in [0.05, 0.1) is 12.1 Å². The summed E-state index contributed by atoms with van der Waals surface area (Å²) < 4.78 is 11.0. The van der Waals surface area contributed by atoms with E-state index in [0.717, 1.165) is 24.1 Å². The maximum absolute atomic E-state index is 12.1. The van der Waals surface area contributed by atoms with Gasteiger partial charge in [-0.2, -0.15) is 0 Å². The molecule has 24 heavy (non-hydrogen) atoms. The Balaban J connectivity index is 1.48. The maximum atomic E-state index is 12.1. The Morgan fingerprint density at radius 1 is 1.33 bits per heavy atom. The van der Waals surface area contributed by atoms with Crippen LogP contribution in [0.4, 0.5) is 5.13 Å². The molecule has 0 radical (unpaired) electrons.